The zero-order valence-electron chi connectivity index (χ0n) is 15.2. The van der Waals surface area contributed by atoms with Crippen molar-refractivity contribution in [3.05, 3.63) is 29.8 Å². The molecule has 0 aromatic heterocycles. The fraction of sp³-hybridized carbons (Fsp3) is 0.632. The number of likely N-dealkylation sites (tertiary alicyclic amines) is 1. The molecule has 0 saturated carbocycles. The minimum absolute atomic E-state index is 0.153. The second-order valence-electron chi connectivity index (χ2n) is 6.42. The third-order valence-electron chi connectivity index (χ3n) is 4.61. The van der Waals surface area contributed by atoms with E-state index in [2.05, 4.69) is 36.2 Å². The zero-order chi connectivity index (χ0) is 17.4. The third-order valence-corrected chi connectivity index (χ3v) is 4.61. The molecule has 1 heterocycles. The summed E-state index contributed by atoms with van der Waals surface area (Å²) in [6, 6.07) is 8.28. The standard InChI is InChI=1S/C19H31N3O2/c1-4-20-19(22-13-10-17(23)11-14-22)21-12-9-15(2)16-5-7-18(24-3)8-6-16/h5-8,15,17,23H,4,9-14H2,1-3H3,(H,20,21). The summed E-state index contributed by atoms with van der Waals surface area (Å²) in [5, 5.41) is 13.0. The van der Waals surface area contributed by atoms with E-state index in [1.54, 1.807) is 7.11 Å². The number of benzene rings is 1. The molecule has 2 N–H and O–H groups in total. The first kappa shape index (κ1) is 18.6. The van der Waals surface area contributed by atoms with E-state index in [9.17, 15) is 5.11 Å². The number of aliphatic hydroxyl groups is 1. The lowest BCUT2D eigenvalue weighted by Gasteiger charge is -2.32. The van der Waals surface area contributed by atoms with Crippen LogP contribution in [-0.2, 0) is 0 Å². The molecule has 0 spiro atoms. The van der Waals surface area contributed by atoms with E-state index in [1.807, 2.05) is 12.1 Å². The monoisotopic (exact) mass is 333 g/mol. The predicted octanol–water partition coefficient (Wildman–Crippen LogP) is 2.61. The van der Waals surface area contributed by atoms with Crippen LogP contribution in [0.15, 0.2) is 29.3 Å². The highest BCUT2D eigenvalue weighted by atomic mass is 16.5. The number of aliphatic imine (C=N–C) groups is 1. The normalized spacial score (nSPS) is 17.7. The Morgan fingerprint density at radius 3 is 2.58 bits per heavy atom. The van der Waals surface area contributed by atoms with Crippen molar-refractivity contribution in [1.82, 2.24) is 10.2 Å². The number of nitrogens with zero attached hydrogens (tertiary/aromatic N) is 2. The van der Waals surface area contributed by atoms with Crippen LogP contribution in [-0.4, -0.2) is 55.4 Å². The smallest absolute Gasteiger partial charge is 0.193 e. The van der Waals surface area contributed by atoms with Gasteiger partial charge in [-0.3, -0.25) is 4.99 Å². The summed E-state index contributed by atoms with van der Waals surface area (Å²) >= 11 is 0. The lowest BCUT2D eigenvalue weighted by Crippen LogP contribution is -2.46. The average Bonchev–Trinajstić information content (AvgIpc) is 2.61. The van der Waals surface area contributed by atoms with Crippen molar-refractivity contribution in [3.8, 4) is 5.75 Å². The van der Waals surface area contributed by atoms with Gasteiger partial charge in [0.1, 0.15) is 5.75 Å². The summed E-state index contributed by atoms with van der Waals surface area (Å²) in [7, 11) is 1.69. The quantitative estimate of drug-likeness (QED) is 0.621. The number of ether oxygens (including phenoxy) is 1. The van der Waals surface area contributed by atoms with Crippen molar-refractivity contribution in [2.24, 2.45) is 4.99 Å². The SMILES string of the molecule is CCNC(=NCCC(C)c1ccc(OC)cc1)N1CCC(O)CC1. The van der Waals surface area contributed by atoms with Gasteiger partial charge < -0.3 is 20.1 Å². The van der Waals surface area contributed by atoms with Gasteiger partial charge in [-0.25, -0.2) is 0 Å². The number of piperidine rings is 1. The molecule has 1 aromatic rings. The molecule has 2 rings (SSSR count). The molecule has 1 saturated heterocycles. The van der Waals surface area contributed by atoms with Crippen LogP contribution >= 0.6 is 0 Å². The van der Waals surface area contributed by atoms with Crippen LogP contribution < -0.4 is 10.1 Å². The van der Waals surface area contributed by atoms with Gasteiger partial charge in [-0.05, 0) is 49.8 Å². The second-order valence-corrected chi connectivity index (χ2v) is 6.42. The average molecular weight is 333 g/mol. The summed E-state index contributed by atoms with van der Waals surface area (Å²) in [6.07, 6.45) is 2.51. The van der Waals surface area contributed by atoms with E-state index in [4.69, 9.17) is 9.73 Å². The van der Waals surface area contributed by atoms with Gasteiger partial charge in [-0.1, -0.05) is 19.1 Å². The van der Waals surface area contributed by atoms with E-state index in [0.717, 1.165) is 57.2 Å². The van der Waals surface area contributed by atoms with E-state index in [0.29, 0.717) is 5.92 Å². The number of hydrogen-bond acceptors (Lipinski definition) is 3. The molecule has 5 nitrogen and oxygen atoms in total. The molecule has 1 aliphatic heterocycles. The van der Waals surface area contributed by atoms with Crippen LogP contribution in [0, 0.1) is 0 Å². The van der Waals surface area contributed by atoms with Gasteiger partial charge in [-0.15, -0.1) is 0 Å². The molecule has 1 aliphatic rings. The Bertz CT molecular complexity index is 508. The second kappa shape index (κ2) is 9.52. The minimum Gasteiger partial charge on any atom is -0.497 e. The topological polar surface area (TPSA) is 57.1 Å². The first-order chi connectivity index (χ1) is 11.6. The largest absolute Gasteiger partial charge is 0.497 e. The van der Waals surface area contributed by atoms with Crippen molar-refractivity contribution < 1.29 is 9.84 Å². The number of hydrogen-bond donors (Lipinski definition) is 2. The lowest BCUT2D eigenvalue weighted by molar-refractivity contribution is 0.108. The summed E-state index contributed by atoms with van der Waals surface area (Å²) in [6.45, 7) is 7.75. The maximum Gasteiger partial charge on any atom is 0.193 e. The Morgan fingerprint density at radius 2 is 2.00 bits per heavy atom. The minimum atomic E-state index is -0.153. The highest BCUT2D eigenvalue weighted by Crippen LogP contribution is 2.21. The molecule has 0 aliphatic carbocycles. The maximum absolute atomic E-state index is 9.66. The van der Waals surface area contributed by atoms with Gasteiger partial charge in [0, 0.05) is 26.2 Å². The van der Waals surface area contributed by atoms with Crippen LogP contribution in [0.2, 0.25) is 0 Å². The van der Waals surface area contributed by atoms with E-state index in [1.165, 1.54) is 5.56 Å². The maximum atomic E-state index is 9.66. The molecular weight excluding hydrogens is 302 g/mol. The Hall–Kier alpha value is -1.75. The van der Waals surface area contributed by atoms with Crippen LogP contribution in [0.25, 0.3) is 0 Å². The van der Waals surface area contributed by atoms with Crippen molar-refractivity contribution in [1.29, 1.82) is 0 Å². The molecule has 1 aromatic carbocycles. The number of nitrogens with one attached hydrogen (secondary N) is 1. The first-order valence-corrected chi connectivity index (χ1v) is 8.99. The zero-order valence-corrected chi connectivity index (χ0v) is 15.2. The summed E-state index contributed by atoms with van der Waals surface area (Å²) < 4.78 is 5.21. The predicted molar refractivity (Wildman–Crippen MR) is 98.8 cm³/mol. The van der Waals surface area contributed by atoms with Gasteiger partial charge in [0.25, 0.3) is 0 Å². The molecule has 0 bridgehead atoms. The molecule has 0 radical (unpaired) electrons. The third kappa shape index (κ3) is 5.41. The van der Waals surface area contributed by atoms with Crippen molar-refractivity contribution >= 4 is 5.96 Å². The molecule has 0 amide bonds. The van der Waals surface area contributed by atoms with Gasteiger partial charge in [0.2, 0.25) is 0 Å². The van der Waals surface area contributed by atoms with Crippen LogP contribution in [0.5, 0.6) is 5.75 Å². The highest BCUT2D eigenvalue weighted by molar-refractivity contribution is 5.80. The fourth-order valence-corrected chi connectivity index (χ4v) is 2.97. The summed E-state index contributed by atoms with van der Waals surface area (Å²) in [4.78, 5) is 7.04. The Balaban J connectivity index is 1.88. The van der Waals surface area contributed by atoms with Crippen LogP contribution in [0.4, 0.5) is 0 Å². The fourth-order valence-electron chi connectivity index (χ4n) is 2.97. The highest BCUT2D eigenvalue weighted by Gasteiger charge is 2.19. The number of methoxy groups -OCH3 is 1. The molecule has 134 valence electrons. The van der Waals surface area contributed by atoms with E-state index in [-0.39, 0.29) is 6.10 Å². The van der Waals surface area contributed by atoms with E-state index < -0.39 is 0 Å². The van der Waals surface area contributed by atoms with Crippen molar-refractivity contribution in [3.63, 3.8) is 0 Å². The molecular formula is C19H31N3O2. The van der Waals surface area contributed by atoms with Gasteiger partial charge in [0.05, 0.1) is 13.2 Å². The Morgan fingerprint density at radius 1 is 1.33 bits per heavy atom. The van der Waals surface area contributed by atoms with Crippen LogP contribution in [0.1, 0.15) is 44.6 Å². The molecule has 24 heavy (non-hydrogen) atoms. The number of rotatable bonds is 6. The van der Waals surface area contributed by atoms with Gasteiger partial charge in [0.15, 0.2) is 5.96 Å². The van der Waals surface area contributed by atoms with Gasteiger partial charge in [-0.2, -0.15) is 0 Å². The number of aliphatic hydroxyl groups excluding tert-OH is 1. The Kier molecular flexibility index (Phi) is 7.37. The Labute approximate surface area is 145 Å². The van der Waals surface area contributed by atoms with Crippen molar-refractivity contribution in [2.75, 3.05) is 33.3 Å². The van der Waals surface area contributed by atoms with E-state index >= 15 is 0 Å². The molecule has 1 unspecified atom stereocenters. The van der Waals surface area contributed by atoms with Crippen molar-refractivity contribution in [2.45, 2.75) is 45.1 Å². The number of guanidine groups is 1. The summed E-state index contributed by atoms with van der Waals surface area (Å²) in [5.74, 6) is 2.34. The molecule has 1 atom stereocenters. The van der Waals surface area contributed by atoms with Crippen LogP contribution in [0.3, 0.4) is 0 Å². The molecule has 1 fully saturated rings. The summed E-state index contributed by atoms with van der Waals surface area (Å²) in [5.41, 5.74) is 1.32. The molecule has 5 heteroatoms. The van der Waals surface area contributed by atoms with Gasteiger partial charge >= 0.3 is 0 Å². The lowest BCUT2D eigenvalue weighted by atomic mass is 9.98. The first-order valence-electron chi connectivity index (χ1n) is 8.99.